The maximum Gasteiger partial charge on any atom is 0.109 e. The topological polar surface area (TPSA) is 38.9 Å². The minimum atomic E-state index is 0.829. The molecule has 0 aliphatic heterocycles. The maximum atomic E-state index is 5.54. The standard InChI is InChI=1S/C4H5IN2S/c1-2-3(6)4(5)8-7-2/h6H2,1H3. The van der Waals surface area contributed by atoms with Crippen LogP contribution < -0.4 is 5.73 Å². The van der Waals surface area contributed by atoms with Crippen molar-refractivity contribution in [2.24, 2.45) is 0 Å². The van der Waals surface area contributed by atoms with Gasteiger partial charge in [-0.25, -0.2) is 0 Å². The summed E-state index contributed by atoms with van der Waals surface area (Å²) in [5.74, 6) is 0. The van der Waals surface area contributed by atoms with Crippen LogP contribution in [0.25, 0.3) is 0 Å². The number of rotatable bonds is 0. The van der Waals surface area contributed by atoms with Crippen molar-refractivity contribution in [2.75, 3.05) is 5.73 Å². The lowest BCUT2D eigenvalue weighted by molar-refractivity contribution is 1.35. The average molecular weight is 240 g/mol. The number of anilines is 1. The molecule has 2 nitrogen and oxygen atoms in total. The van der Waals surface area contributed by atoms with Gasteiger partial charge in [0.25, 0.3) is 0 Å². The molecule has 0 bridgehead atoms. The zero-order chi connectivity index (χ0) is 6.15. The molecule has 1 aromatic rings. The molecule has 0 atom stereocenters. The average Bonchev–Trinajstić information content (AvgIpc) is 1.98. The van der Waals surface area contributed by atoms with Crippen LogP contribution in [0.4, 0.5) is 5.69 Å². The van der Waals surface area contributed by atoms with E-state index >= 15 is 0 Å². The Morgan fingerprint density at radius 1 is 1.75 bits per heavy atom. The first kappa shape index (κ1) is 6.28. The van der Waals surface area contributed by atoms with Gasteiger partial charge in [-0.1, -0.05) is 0 Å². The normalized spacial score (nSPS) is 9.75. The number of nitrogens with zero attached hydrogens (tertiary/aromatic N) is 1. The van der Waals surface area contributed by atoms with Gasteiger partial charge in [0.15, 0.2) is 0 Å². The molecule has 0 amide bonds. The monoisotopic (exact) mass is 240 g/mol. The van der Waals surface area contributed by atoms with E-state index in [1.54, 1.807) is 0 Å². The highest BCUT2D eigenvalue weighted by atomic mass is 127. The van der Waals surface area contributed by atoms with E-state index in [1.807, 2.05) is 6.92 Å². The molecule has 0 saturated carbocycles. The first-order chi connectivity index (χ1) is 3.72. The highest BCUT2D eigenvalue weighted by molar-refractivity contribution is 14.1. The molecule has 44 valence electrons. The molecule has 0 unspecified atom stereocenters. The van der Waals surface area contributed by atoms with Crippen LogP contribution in [0.15, 0.2) is 0 Å². The Kier molecular flexibility index (Phi) is 1.71. The minimum absolute atomic E-state index is 0.829. The molecule has 0 saturated heterocycles. The van der Waals surface area contributed by atoms with E-state index < -0.39 is 0 Å². The summed E-state index contributed by atoms with van der Waals surface area (Å²) in [5, 5.41) is 0. The first-order valence-electron chi connectivity index (χ1n) is 2.09. The van der Waals surface area contributed by atoms with E-state index in [-0.39, 0.29) is 0 Å². The zero-order valence-electron chi connectivity index (χ0n) is 4.31. The van der Waals surface area contributed by atoms with E-state index in [4.69, 9.17) is 5.73 Å². The summed E-state index contributed by atoms with van der Waals surface area (Å²) in [7, 11) is 0. The van der Waals surface area contributed by atoms with Crippen molar-refractivity contribution in [1.29, 1.82) is 0 Å². The Morgan fingerprint density at radius 3 is 2.50 bits per heavy atom. The highest BCUT2D eigenvalue weighted by Crippen LogP contribution is 2.21. The van der Waals surface area contributed by atoms with Gasteiger partial charge in [0, 0.05) is 0 Å². The van der Waals surface area contributed by atoms with Crippen LogP contribution in [0.3, 0.4) is 0 Å². The summed E-state index contributed by atoms with van der Waals surface area (Å²) in [4.78, 5) is 0. The molecular formula is C4H5IN2S. The van der Waals surface area contributed by atoms with E-state index in [0.717, 1.165) is 14.3 Å². The van der Waals surface area contributed by atoms with Crippen LogP contribution in [0.5, 0.6) is 0 Å². The Hall–Kier alpha value is 0.160. The smallest absolute Gasteiger partial charge is 0.109 e. The van der Waals surface area contributed by atoms with E-state index in [9.17, 15) is 0 Å². The fourth-order valence-corrected chi connectivity index (χ4v) is 1.60. The Bertz CT molecular complexity index is 176. The summed E-state index contributed by atoms with van der Waals surface area (Å²) < 4.78 is 5.11. The Morgan fingerprint density at radius 2 is 2.38 bits per heavy atom. The second-order valence-corrected chi connectivity index (χ2v) is 4.04. The lowest BCUT2D eigenvalue weighted by Crippen LogP contribution is -1.85. The third-order valence-corrected chi connectivity index (χ3v) is 2.78. The van der Waals surface area contributed by atoms with Gasteiger partial charge >= 0.3 is 0 Å². The summed E-state index contributed by atoms with van der Waals surface area (Å²) in [6.07, 6.45) is 0. The van der Waals surface area contributed by atoms with Gasteiger partial charge in [0.1, 0.15) is 2.88 Å². The van der Waals surface area contributed by atoms with Crippen LogP contribution in [-0.4, -0.2) is 4.37 Å². The second-order valence-electron chi connectivity index (χ2n) is 1.46. The van der Waals surface area contributed by atoms with Gasteiger partial charge in [-0.15, -0.1) is 0 Å². The van der Waals surface area contributed by atoms with Crippen LogP contribution in [0.2, 0.25) is 0 Å². The fourth-order valence-electron chi connectivity index (χ4n) is 0.349. The Labute approximate surface area is 65.4 Å². The number of nitrogens with two attached hydrogens (primary N) is 1. The Balaban J connectivity index is 3.19. The molecule has 2 N–H and O–H groups in total. The van der Waals surface area contributed by atoms with Gasteiger partial charge in [-0.2, -0.15) is 4.37 Å². The maximum absolute atomic E-state index is 5.54. The number of aromatic nitrogens is 1. The highest BCUT2D eigenvalue weighted by Gasteiger charge is 2.00. The van der Waals surface area contributed by atoms with Crippen molar-refractivity contribution < 1.29 is 0 Å². The molecule has 1 heterocycles. The van der Waals surface area contributed by atoms with Gasteiger partial charge < -0.3 is 5.73 Å². The van der Waals surface area contributed by atoms with Crippen molar-refractivity contribution >= 4 is 39.8 Å². The van der Waals surface area contributed by atoms with Crippen molar-refractivity contribution in [1.82, 2.24) is 4.37 Å². The largest absolute Gasteiger partial charge is 0.396 e. The van der Waals surface area contributed by atoms with Gasteiger partial charge in [0.05, 0.1) is 11.4 Å². The third kappa shape index (κ3) is 0.947. The van der Waals surface area contributed by atoms with Crippen LogP contribution in [0.1, 0.15) is 5.69 Å². The predicted octanol–water partition coefficient (Wildman–Crippen LogP) is 1.64. The minimum Gasteiger partial charge on any atom is -0.396 e. The van der Waals surface area contributed by atoms with Crippen LogP contribution >= 0.6 is 34.1 Å². The summed E-state index contributed by atoms with van der Waals surface area (Å²) >= 11 is 3.62. The summed E-state index contributed by atoms with van der Waals surface area (Å²) in [6, 6.07) is 0. The van der Waals surface area contributed by atoms with E-state index in [2.05, 4.69) is 27.0 Å². The number of aryl methyl sites for hydroxylation is 1. The molecule has 0 spiro atoms. The molecule has 0 aliphatic rings. The molecule has 1 rings (SSSR count). The van der Waals surface area contributed by atoms with Crippen molar-refractivity contribution in [3.63, 3.8) is 0 Å². The molecule has 1 aromatic heterocycles. The first-order valence-corrected chi connectivity index (χ1v) is 3.94. The summed E-state index contributed by atoms with van der Waals surface area (Å²) in [5.41, 5.74) is 7.32. The molecular weight excluding hydrogens is 235 g/mol. The van der Waals surface area contributed by atoms with Crippen LogP contribution in [0, 0.1) is 9.81 Å². The zero-order valence-corrected chi connectivity index (χ0v) is 7.28. The van der Waals surface area contributed by atoms with Gasteiger partial charge in [0.2, 0.25) is 0 Å². The van der Waals surface area contributed by atoms with E-state index in [1.165, 1.54) is 11.5 Å². The molecule has 0 fully saturated rings. The number of halogens is 1. The van der Waals surface area contributed by atoms with E-state index in [0.29, 0.717) is 0 Å². The number of hydrogen-bond donors (Lipinski definition) is 1. The quantitative estimate of drug-likeness (QED) is 0.700. The van der Waals surface area contributed by atoms with Crippen molar-refractivity contribution in [2.45, 2.75) is 6.92 Å². The molecule has 0 aromatic carbocycles. The molecule has 4 heteroatoms. The fraction of sp³-hybridized carbons (Fsp3) is 0.250. The van der Waals surface area contributed by atoms with Crippen molar-refractivity contribution in [3.8, 4) is 0 Å². The molecule has 0 radical (unpaired) electrons. The number of hydrogen-bond acceptors (Lipinski definition) is 3. The lowest BCUT2D eigenvalue weighted by atomic mass is 10.4. The molecule has 8 heavy (non-hydrogen) atoms. The van der Waals surface area contributed by atoms with Gasteiger partial charge in [-0.05, 0) is 41.0 Å². The SMILES string of the molecule is Cc1nsc(I)c1N. The summed E-state index contributed by atoms with van der Waals surface area (Å²) in [6.45, 7) is 1.91. The lowest BCUT2D eigenvalue weighted by Gasteiger charge is -1.83. The second kappa shape index (κ2) is 2.18. The van der Waals surface area contributed by atoms with Gasteiger partial charge in [-0.3, -0.25) is 0 Å². The third-order valence-electron chi connectivity index (χ3n) is 0.864. The van der Waals surface area contributed by atoms with Crippen molar-refractivity contribution in [3.05, 3.63) is 8.58 Å². The predicted molar refractivity (Wildman–Crippen MR) is 44.0 cm³/mol. The number of nitrogen functional groups attached to an aromatic ring is 1. The van der Waals surface area contributed by atoms with Crippen LogP contribution in [-0.2, 0) is 0 Å². The molecule has 0 aliphatic carbocycles.